The van der Waals surface area contributed by atoms with Crippen LogP contribution in [0, 0.1) is 19.3 Å². The standard InChI is InChI=1S/C11H11NO/c1-3-7-13-12-9-11-6-4-5-10(2)8-11/h1,4-6,8-9H,7H2,2H3. The van der Waals surface area contributed by atoms with E-state index in [9.17, 15) is 0 Å². The van der Waals surface area contributed by atoms with Crippen LogP contribution in [0.25, 0.3) is 0 Å². The molecule has 0 amide bonds. The van der Waals surface area contributed by atoms with Gasteiger partial charge in [-0.1, -0.05) is 40.9 Å². The normalized spacial score (nSPS) is 9.85. The molecule has 1 aromatic rings. The van der Waals surface area contributed by atoms with Crippen LogP contribution in [-0.2, 0) is 4.84 Å². The van der Waals surface area contributed by atoms with Gasteiger partial charge in [-0.15, -0.1) is 6.42 Å². The van der Waals surface area contributed by atoms with E-state index in [2.05, 4.69) is 11.1 Å². The first kappa shape index (κ1) is 9.34. The second kappa shape index (κ2) is 5.00. The Labute approximate surface area is 78.2 Å². The van der Waals surface area contributed by atoms with E-state index in [-0.39, 0.29) is 6.61 Å². The molecule has 0 bridgehead atoms. The summed E-state index contributed by atoms with van der Waals surface area (Å²) in [5.41, 5.74) is 2.21. The molecule has 0 saturated carbocycles. The third kappa shape index (κ3) is 3.44. The predicted octanol–water partition coefficient (Wildman–Crippen LogP) is 1.98. The third-order valence-corrected chi connectivity index (χ3v) is 1.47. The Morgan fingerprint density at radius 1 is 1.62 bits per heavy atom. The number of hydrogen-bond acceptors (Lipinski definition) is 2. The second-order valence-corrected chi connectivity index (χ2v) is 2.63. The molecule has 0 atom stereocenters. The van der Waals surface area contributed by atoms with E-state index in [1.54, 1.807) is 6.21 Å². The molecule has 13 heavy (non-hydrogen) atoms. The molecule has 0 N–H and O–H groups in total. The molecule has 1 aromatic carbocycles. The lowest BCUT2D eigenvalue weighted by Gasteiger charge is -1.94. The molecule has 0 fully saturated rings. The first-order valence-electron chi connectivity index (χ1n) is 3.98. The Balaban J connectivity index is 2.54. The van der Waals surface area contributed by atoms with Crippen LogP contribution in [0.2, 0.25) is 0 Å². The van der Waals surface area contributed by atoms with Crippen LogP contribution in [0.5, 0.6) is 0 Å². The number of nitrogens with zero attached hydrogens (tertiary/aromatic N) is 1. The predicted molar refractivity (Wildman–Crippen MR) is 53.6 cm³/mol. The van der Waals surface area contributed by atoms with Crippen molar-refractivity contribution in [2.45, 2.75) is 6.92 Å². The van der Waals surface area contributed by atoms with E-state index in [0.717, 1.165) is 5.56 Å². The van der Waals surface area contributed by atoms with Gasteiger partial charge in [0.25, 0.3) is 0 Å². The number of benzene rings is 1. The van der Waals surface area contributed by atoms with Crippen LogP contribution in [0.4, 0.5) is 0 Å². The second-order valence-electron chi connectivity index (χ2n) is 2.63. The van der Waals surface area contributed by atoms with Crippen LogP contribution in [0.15, 0.2) is 29.4 Å². The van der Waals surface area contributed by atoms with Gasteiger partial charge in [-0.05, 0) is 12.5 Å². The fraction of sp³-hybridized carbons (Fsp3) is 0.182. The molecule has 1 rings (SSSR count). The molecular formula is C11H11NO. The number of rotatable bonds is 3. The first-order chi connectivity index (χ1) is 6.33. The van der Waals surface area contributed by atoms with Crippen molar-refractivity contribution in [3.05, 3.63) is 35.4 Å². The summed E-state index contributed by atoms with van der Waals surface area (Å²) in [6.07, 6.45) is 6.63. The monoisotopic (exact) mass is 173 g/mol. The third-order valence-electron chi connectivity index (χ3n) is 1.47. The molecule has 0 unspecified atom stereocenters. The van der Waals surface area contributed by atoms with E-state index in [1.807, 2.05) is 31.2 Å². The maximum absolute atomic E-state index is 4.98. The van der Waals surface area contributed by atoms with Gasteiger partial charge in [0, 0.05) is 0 Å². The van der Waals surface area contributed by atoms with E-state index < -0.39 is 0 Å². The number of terminal acetylenes is 1. The van der Waals surface area contributed by atoms with Gasteiger partial charge in [-0.25, -0.2) is 0 Å². The van der Waals surface area contributed by atoms with E-state index >= 15 is 0 Å². The van der Waals surface area contributed by atoms with Crippen molar-refractivity contribution >= 4 is 6.21 Å². The highest BCUT2D eigenvalue weighted by Gasteiger charge is 1.87. The van der Waals surface area contributed by atoms with Crippen molar-refractivity contribution in [2.24, 2.45) is 5.16 Å². The van der Waals surface area contributed by atoms with E-state index in [4.69, 9.17) is 11.3 Å². The smallest absolute Gasteiger partial charge is 0.177 e. The van der Waals surface area contributed by atoms with Gasteiger partial charge in [0.2, 0.25) is 0 Å². The first-order valence-corrected chi connectivity index (χ1v) is 3.98. The Morgan fingerprint density at radius 2 is 2.46 bits per heavy atom. The summed E-state index contributed by atoms with van der Waals surface area (Å²) in [4.78, 5) is 4.76. The van der Waals surface area contributed by atoms with Gasteiger partial charge in [-0.2, -0.15) is 0 Å². The van der Waals surface area contributed by atoms with E-state index in [0.29, 0.717) is 0 Å². The fourth-order valence-corrected chi connectivity index (χ4v) is 0.923. The van der Waals surface area contributed by atoms with Crippen molar-refractivity contribution in [2.75, 3.05) is 6.61 Å². The molecular weight excluding hydrogens is 162 g/mol. The zero-order valence-electron chi connectivity index (χ0n) is 7.53. The van der Waals surface area contributed by atoms with Crippen molar-refractivity contribution in [3.8, 4) is 12.3 Å². The topological polar surface area (TPSA) is 21.6 Å². The van der Waals surface area contributed by atoms with Crippen molar-refractivity contribution in [1.82, 2.24) is 0 Å². The quantitative estimate of drug-likeness (QED) is 0.296. The average Bonchev–Trinajstić information content (AvgIpc) is 2.13. The number of oxime groups is 1. The van der Waals surface area contributed by atoms with Gasteiger partial charge < -0.3 is 4.84 Å². The summed E-state index contributed by atoms with van der Waals surface area (Å²) in [6.45, 7) is 2.24. The Morgan fingerprint density at radius 3 is 3.15 bits per heavy atom. The summed E-state index contributed by atoms with van der Waals surface area (Å²) < 4.78 is 0. The van der Waals surface area contributed by atoms with Crippen LogP contribution in [0.3, 0.4) is 0 Å². The summed E-state index contributed by atoms with van der Waals surface area (Å²) >= 11 is 0. The Kier molecular flexibility index (Phi) is 3.59. The highest BCUT2D eigenvalue weighted by atomic mass is 16.6. The Bertz CT molecular complexity index is 336. The molecule has 0 aliphatic carbocycles. The molecule has 0 aliphatic heterocycles. The molecule has 0 spiro atoms. The molecule has 0 aromatic heterocycles. The van der Waals surface area contributed by atoms with E-state index in [1.165, 1.54) is 5.56 Å². The minimum absolute atomic E-state index is 0.211. The average molecular weight is 173 g/mol. The maximum atomic E-state index is 4.98. The van der Waals surface area contributed by atoms with Crippen LogP contribution >= 0.6 is 0 Å². The fourth-order valence-electron chi connectivity index (χ4n) is 0.923. The van der Waals surface area contributed by atoms with Crippen LogP contribution < -0.4 is 0 Å². The van der Waals surface area contributed by atoms with Crippen molar-refractivity contribution < 1.29 is 4.84 Å². The zero-order chi connectivity index (χ0) is 9.52. The van der Waals surface area contributed by atoms with Gasteiger partial charge in [0.1, 0.15) is 0 Å². The molecule has 2 heteroatoms. The molecule has 0 heterocycles. The van der Waals surface area contributed by atoms with Gasteiger partial charge in [0.05, 0.1) is 6.21 Å². The lowest BCUT2D eigenvalue weighted by atomic mass is 10.2. The SMILES string of the molecule is C#CCON=Cc1cccc(C)c1. The van der Waals surface area contributed by atoms with Crippen LogP contribution in [-0.4, -0.2) is 12.8 Å². The van der Waals surface area contributed by atoms with Gasteiger partial charge in [0.15, 0.2) is 6.61 Å². The summed E-state index contributed by atoms with van der Waals surface area (Å²) in [6, 6.07) is 7.97. The Hall–Kier alpha value is -1.75. The minimum atomic E-state index is 0.211. The largest absolute Gasteiger partial charge is 0.383 e. The summed E-state index contributed by atoms with van der Waals surface area (Å²) in [7, 11) is 0. The molecule has 0 saturated heterocycles. The molecule has 2 nitrogen and oxygen atoms in total. The number of hydrogen-bond donors (Lipinski definition) is 0. The maximum Gasteiger partial charge on any atom is 0.177 e. The lowest BCUT2D eigenvalue weighted by molar-refractivity contribution is 0.181. The highest BCUT2D eigenvalue weighted by molar-refractivity contribution is 5.79. The van der Waals surface area contributed by atoms with Gasteiger partial charge in [-0.3, -0.25) is 0 Å². The zero-order valence-corrected chi connectivity index (χ0v) is 7.53. The summed E-state index contributed by atoms with van der Waals surface area (Å²) in [5.74, 6) is 2.33. The minimum Gasteiger partial charge on any atom is -0.383 e. The van der Waals surface area contributed by atoms with Crippen LogP contribution in [0.1, 0.15) is 11.1 Å². The van der Waals surface area contributed by atoms with Gasteiger partial charge >= 0.3 is 0 Å². The molecule has 66 valence electrons. The highest BCUT2D eigenvalue weighted by Crippen LogP contribution is 2.00. The summed E-state index contributed by atoms with van der Waals surface area (Å²) in [5, 5.41) is 3.70. The molecule has 0 aliphatic rings. The lowest BCUT2D eigenvalue weighted by Crippen LogP contribution is -1.85. The van der Waals surface area contributed by atoms with Crippen molar-refractivity contribution in [3.63, 3.8) is 0 Å². The molecule has 0 radical (unpaired) electrons. The number of aryl methyl sites for hydroxylation is 1. The van der Waals surface area contributed by atoms with Crippen molar-refractivity contribution in [1.29, 1.82) is 0 Å².